The summed E-state index contributed by atoms with van der Waals surface area (Å²) in [5.41, 5.74) is 0.934. The van der Waals surface area contributed by atoms with Crippen LogP contribution in [0.3, 0.4) is 0 Å². The van der Waals surface area contributed by atoms with Gasteiger partial charge in [-0.25, -0.2) is 0 Å². The largest absolute Gasteiger partial charge is 0.491 e. The van der Waals surface area contributed by atoms with Gasteiger partial charge in [-0.2, -0.15) is 5.26 Å². The molecule has 0 atom stereocenters. The minimum atomic E-state index is -0.121. The van der Waals surface area contributed by atoms with E-state index in [4.69, 9.17) is 32.7 Å². The number of pyridine rings is 3. The third-order valence-electron chi connectivity index (χ3n) is 4.12. The van der Waals surface area contributed by atoms with Gasteiger partial charge in [0.25, 0.3) is 5.56 Å². The third kappa shape index (κ3) is 4.98. The van der Waals surface area contributed by atoms with E-state index in [1.165, 1.54) is 42.4 Å². The number of halogens is 2. The van der Waals surface area contributed by atoms with Crippen molar-refractivity contribution in [3.63, 3.8) is 0 Å². The highest BCUT2D eigenvalue weighted by molar-refractivity contribution is 6.37. The number of methoxy groups -OCH3 is 1. The zero-order valence-electron chi connectivity index (χ0n) is 15.9. The molecule has 0 radical (unpaired) electrons. The summed E-state index contributed by atoms with van der Waals surface area (Å²) in [5, 5.41) is 10.3. The molecule has 0 fully saturated rings. The van der Waals surface area contributed by atoms with Crippen LogP contribution in [0.2, 0.25) is 10.0 Å². The summed E-state index contributed by atoms with van der Waals surface area (Å²) in [5.74, 6) is 0.788. The van der Waals surface area contributed by atoms with E-state index in [0.717, 1.165) is 0 Å². The molecule has 7 nitrogen and oxygen atoms in total. The van der Waals surface area contributed by atoms with Crippen molar-refractivity contribution >= 4 is 34.9 Å². The second kappa shape index (κ2) is 9.92. The maximum absolute atomic E-state index is 11.8. The maximum Gasteiger partial charge on any atom is 0.250 e. The Morgan fingerprint density at radius 2 is 2.00 bits per heavy atom. The molecule has 3 aromatic heterocycles. The molecular formula is C21H16Cl2N4O3. The number of nitriles is 1. The molecule has 152 valence electrons. The molecule has 0 aliphatic heterocycles. The van der Waals surface area contributed by atoms with Gasteiger partial charge in [0.1, 0.15) is 12.7 Å². The average Bonchev–Trinajstić information content (AvgIpc) is 2.75. The molecule has 0 saturated carbocycles. The first kappa shape index (κ1) is 21.4. The Labute approximate surface area is 182 Å². The first-order valence-corrected chi connectivity index (χ1v) is 9.52. The molecule has 9 heteroatoms. The molecular weight excluding hydrogens is 427 g/mol. The fourth-order valence-electron chi connectivity index (χ4n) is 2.60. The second-order valence-electron chi connectivity index (χ2n) is 5.99. The van der Waals surface area contributed by atoms with E-state index >= 15 is 0 Å². The molecule has 3 aromatic rings. The van der Waals surface area contributed by atoms with E-state index in [9.17, 15) is 10.1 Å². The topological polar surface area (TPSA) is 90.0 Å². The Bertz CT molecular complexity index is 1170. The predicted molar refractivity (Wildman–Crippen MR) is 115 cm³/mol. The highest BCUT2D eigenvalue weighted by Crippen LogP contribution is 2.31. The number of allylic oxidation sites excluding steroid dienone is 1. The summed E-state index contributed by atoms with van der Waals surface area (Å²) < 4.78 is 12.6. The quantitative estimate of drug-likeness (QED) is 0.511. The lowest BCUT2D eigenvalue weighted by atomic mass is 10.1. The van der Waals surface area contributed by atoms with Gasteiger partial charge in [0, 0.05) is 36.3 Å². The van der Waals surface area contributed by atoms with Gasteiger partial charge in [0.15, 0.2) is 11.5 Å². The molecule has 0 amide bonds. The molecule has 0 aliphatic carbocycles. The van der Waals surface area contributed by atoms with E-state index in [1.807, 2.05) is 0 Å². The van der Waals surface area contributed by atoms with Gasteiger partial charge < -0.3 is 14.0 Å². The molecule has 0 N–H and O–H groups in total. The zero-order chi connectivity index (χ0) is 21.5. The van der Waals surface area contributed by atoms with Crippen LogP contribution in [0.1, 0.15) is 11.3 Å². The second-order valence-corrected chi connectivity index (χ2v) is 6.80. The molecule has 3 rings (SSSR count). The van der Waals surface area contributed by atoms with Crippen LogP contribution in [0.25, 0.3) is 11.6 Å². The molecule has 30 heavy (non-hydrogen) atoms. The van der Waals surface area contributed by atoms with E-state index in [0.29, 0.717) is 39.3 Å². The lowest BCUT2D eigenvalue weighted by molar-refractivity contribution is 0.277. The fourth-order valence-corrected chi connectivity index (χ4v) is 3.08. The molecule has 0 unspecified atom stereocenters. The van der Waals surface area contributed by atoms with Crippen LogP contribution in [0.5, 0.6) is 11.5 Å². The summed E-state index contributed by atoms with van der Waals surface area (Å²) in [6, 6.07) is 8.60. The number of rotatable bonds is 7. The van der Waals surface area contributed by atoms with Crippen molar-refractivity contribution < 1.29 is 9.47 Å². The monoisotopic (exact) mass is 442 g/mol. The number of aromatic nitrogens is 3. The van der Waals surface area contributed by atoms with E-state index in [1.54, 1.807) is 24.4 Å². The fraction of sp³-hybridized carbons (Fsp3) is 0.143. The Morgan fingerprint density at radius 3 is 2.67 bits per heavy atom. The molecule has 0 spiro atoms. The van der Waals surface area contributed by atoms with Crippen molar-refractivity contribution in [3.8, 4) is 17.6 Å². The van der Waals surface area contributed by atoms with Gasteiger partial charge in [0.2, 0.25) is 0 Å². The minimum absolute atomic E-state index is 0.121. The van der Waals surface area contributed by atoms with Crippen LogP contribution in [0, 0.1) is 11.3 Å². The van der Waals surface area contributed by atoms with Crippen molar-refractivity contribution in [2.45, 2.75) is 6.54 Å². The van der Waals surface area contributed by atoms with Crippen molar-refractivity contribution in [2.24, 2.45) is 0 Å². The highest BCUT2D eigenvalue weighted by atomic mass is 35.5. The first-order chi connectivity index (χ1) is 14.5. The summed E-state index contributed by atoms with van der Waals surface area (Å²) >= 11 is 12.3. The first-order valence-electron chi connectivity index (χ1n) is 8.77. The minimum Gasteiger partial charge on any atom is -0.491 e. The molecule has 3 heterocycles. The Hall–Kier alpha value is -3.34. The summed E-state index contributed by atoms with van der Waals surface area (Å²) in [4.78, 5) is 20.0. The zero-order valence-corrected chi connectivity index (χ0v) is 17.4. The number of nitrogens with zero attached hydrogens (tertiary/aromatic N) is 4. The Morgan fingerprint density at radius 1 is 1.23 bits per heavy atom. The highest BCUT2D eigenvalue weighted by Gasteiger charge is 2.13. The summed E-state index contributed by atoms with van der Waals surface area (Å²) in [6.07, 6.45) is 7.56. The van der Waals surface area contributed by atoms with Crippen LogP contribution in [-0.4, -0.2) is 28.3 Å². The standard InChI is InChI=1S/C21H16Cl2N4O3/c1-29-20-13-26-18(14(10-24)8-15-16(22)11-25-12-17(15)23)9-19(20)30-7-6-27-5-3-2-4-21(27)28/h2-5,8-9,11-13H,6-7H2,1H3/b14-8+. The lowest BCUT2D eigenvalue weighted by Gasteiger charge is -2.12. The smallest absolute Gasteiger partial charge is 0.250 e. The number of hydrogen-bond donors (Lipinski definition) is 0. The summed E-state index contributed by atoms with van der Waals surface area (Å²) in [7, 11) is 1.49. The van der Waals surface area contributed by atoms with Crippen molar-refractivity contribution in [1.82, 2.24) is 14.5 Å². The van der Waals surface area contributed by atoms with Gasteiger partial charge in [-0.15, -0.1) is 0 Å². The van der Waals surface area contributed by atoms with E-state index < -0.39 is 0 Å². The Kier molecular flexibility index (Phi) is 7.07. The van der Waals surface area contributed by atoms with Crippen LogP contribution in [0.4, 0.5) is 0 Å². The number of ether oxygens (including phenoxy) is 2. The SMILES string of the molecule is COc1cnc(/C(C#N)=C/c2c(Cl)cncc2Cl)cc1OCCn1ccccc1=O. The van der Waals surface area contributed by atoms with Gasteiger partial charge in [-0.05, 0) is 12.1 Å². The van der Waals surface area contributed by atoms with Crippen LogP contribution >= 0.6 is 23.2 Å². The maximum atomic E-state index is 11.8. The molecule has 0 bridgehead atoms. The van der Waals surface area contributed by atoms with Crippen molar-refractivity contribution in [1.29, 1.82) is 5.26 Å². The lowest BCUT2D eigenvalue weighted by Crippen LogP contribution is -2.21. The van der Waals surface area contributed by atoms with E-state index in [2.05, 4.69) is 16.0 Å². The molecule has 0 aromatic carbocycles. The van der Waals surface area contributed by atoms with Gasteiger partial charge in [0.05, 0.1) is 41.2 Å². The Balaban J connectivity index is 1.87. The summed E-state index contributed by atoms with van der Waals surface area (Å²) in [6.45, 7) is 0.570. The third-order valence-corrected chi connectivity index (χ3v) is 4.72. The normalized spacial score (nSPS) is 11.1. The van der Waals surface area contributed by atoms with E-state index in [-0.39, 0.29) is 17.7 Å². The van der Waals surface area contributed by atoms with Crippen LogP contribution in [0.15, 0.2) is 53.8 Å². The molecule has 0 aliphatic rings. The van der Waals surface area contributed by atoms with Crippen LogP contribution < -0.4 is 15.0 Å². The van der Waals surface area contributed by atoms with Gasteiger partial charge in [-0.3, -0.25) is 14.8 Å². The van der Waals surface area contributed by atoms with Gasteiger partial charge >= 0.3 is 0 Å². The van der Waals surface area contributed by atoms with Crippen molar-refractivity contribution in [3.05, 3.63) is 80.7 Å². The van der Waals surface area contributed by atoms with Crippen LogP contribution in [-0.2, 0) is 6.54 Å². The average molecular weight is 443 g/mol. The number of hydrogen-bond acceptors (Lipinski definition) is 6. The van der Waals surface area contributed by atoms with Crippen molar-refractivity contribution in [2.75, 3.05) is 13.7 Å². The predicted octanol–water partition coefficient (Wildman–Crippen LogP) is 4.10. The molecule has 0 saturated heterocycles. The van der Waals surface area contributed by atoms with Gasteiger partial charge in [-0.1, -0.05) is 29.3 Å².